The van der Waals surface area contributed by atoms with Crippen LogP contribution in [0, 0.1) is 19.8 Å². The van der Waals surface area contributed by atoms with Gasteiger partial charge >= 0.3 is 0 Å². The van der Waals surface area contributed by atoms with Crippen LogP contribution >= 0.6 is 0 Å². The molecule has 0 aliphatic carbocycles. The van der Waals surface area contributed by atoms with Gasteiger partial charge in [-0.1, -0.05) is 0 Å². The molecule has 0 saturated carbocycles. The monoisotopic (exact) mass is 405 g/mol. The summed E-state index contributed by atoms with van der Waals surface area (Å²) < 4.78 is 11.5. The van der Waals surface area contributed by atoms with Crippen LogP contribution in [0.5, 0.6) is 0 Å². The minimum Gasteiger partial charge on any atom is -0.444 e. The lowest BCUT2D eigenvalue weighted by Crippen LogP contribution is -2.47. The van der Waals surface area contributed by atoms with Crippen molar-refractivity contribution in [1.82, 2.24) is 20.1 Å². The molecule has 2 saturated heterocycles. The van der Waals surface area contributed by atoms with Crippen molar-refractivity contribution in [3.8, 4) is 0 Å². The van der Waals surface area contributed by atoms with Crippen molar-refractivity contribution >= 4 is 5.96 Å². The van der Waals surface area contributed by atoms with Gasteiger partial charge in [-0.3, -0.25) is 9.89 Å². The number of nitrogens with one attached hydrogen (secondary N) is 1. The minimum atomic E-state index is 0.416. The van der Waals surface area contributed by atoms with Crippen LogP contribution in [0.4, 0.5) is 0 Å². The van der Waals surface area contributed by atoms with Crippen LogP contribution < -0.4 is 5.32 Å². The van der Waals surface area contributed by atoms with E-state index in [4.69, 9.17) is 14.1 Å². The number of nitrogens with zero attached hydrogens (tertiary/aromatic N) is 4. The molecule has 0 spiro atoms. The van der Waals surface area contributed by atoms with E-state index in [9.17, 15) is 0 Å². The molecule has 3 heterocycles. The summed E-state index contributed by atoms with van der Waals surface area (Å²) in [5, 5.41) is 3.49. The van der Waals surface area contributed by atoms with E-state index in [0.29, 0.717) is 12.0 Å². The molecule has 1 N–H and O–H groups in total. The summed E-state index contributed by atoms with van der Waals surface area (Å²) >= 11 is 0. The molecule has 164 valence electrons. The molecule has 0 bridgehead atoms. The Morgan fingerprint density at radius 2 is 1.86 bits per heavy atom. The van der Waals surface area contributed by atoms with Crippen molar-refractivity contribution in [2.75, 3.05) is 45.9 Å². The van der Waals surface area contributed by atoms with E-state index in [-0.39, 0.29) is 0 Å². The zero-order chi connectivity index (χ0) is 20.6. The number of aromatic nitrogens is 1. The van der Waals surface area contributed by atoms with Gasteiger partial charge in [-0.2, -0.15) is 0 Å². The predicted octanol–water partition coefficient (Wildman–Crippen LogP) is 2.97. The number of aliphatic imine (C=N–C) groups is 1. The largest absolute Gasteiger partial charge is 0.444 e. The van der Waals surface area contributed by atoms with E-state index in [0.717, 1.165) is 88.6 Å². The molecular formula is C22H39N5O2. The van der Waals surface area contributed by atoms with Crippen molar-refractivity contribution in [2.45, 2.75) is 66.0 Å². The normalized spacial score (nSPS) is 20.4. The van der Waals surface area contributed by atoms with E-state index in [2.05, 4.69) is 33.9 Å². The van der Waals surface area contributed by atoms with Crippen LogP contribution in [-0.4, -0.2) is 72.7 Å². The third-order valence-corrected chi connectivity index (χ3v) is 6.12. The Balaban J connectivity index is 1.44. The maximum absolute atomic E-state index is 5.78. The first-order valence-electron chi connectivity index (χ1n) is 11.4. The van der Waals surface area contributed by atoms with Gasteiger partial charge in [0.25, 0.3) is 0 Å². The van der Waals surface area contributed by atoms with Gasteiger partial charge in [0.15, 0.2) is 5.96 Å². The maximum Gasteiger partial charge on any atom is 0.208 e. The van der Waals surface area contributed by atoms with E-state index in [1.165, 1.54) is 12.8 Å². The highest BCUT2D eigenvalue weighted by Crippen LogP contribution is 2.20. The lowest BCUT2D eigenvalue weighted by Gasteiger charge is -2.34. The fourth-order valence-corrected chi connectivity index (χ4v) is 4.24. The number of aryl methyl sites for hydroxylation is 2. The first-order valence-corrected chi connectivity index (χ1v) is 11.4. The minimum absolute atomic E-state index is 0.416. The highest BCUT2D eigenvalue weighted by molar-refractivity contribution is 5.80. The van der Waals surface area contributed by atoms with Gasteiger partial charge < -0.3 is 19.4 Å². The summed E-state index contributed by atoms with van der Waals surface area (Å²) in [7, 11) is 0. The number of rotatable bonds is 7. The summed E-state index contributed by atoms with van der Waals surface area (Å²) in [5.41, 5.74) is 1.01. The number of guanidine groups is 1. The number of hydrogen-bond acceptors (Lipinski definition) is 5. The SMILES string of the molecule is CCNC(=NCC1CCN(Cc2nc(C)c(C)o2)CC1)N1CCC(OCC)CC1. The number of hydrogen-bond donors (Lipinski definition) is 1. The average molecular weight is 406 g/mol. The standard InChI is InChI=1S/C22H39N5O2/c1-5-23-22(27-13-9-20(10-14-27)28-6-2)24-15-19-7-11-26(12-8-19)16-21-25-17(3)18(4)29-21/h19-20H,5-16H2,1-4H3,(H,23,24). The molecule has 2 aliphatic rings. The zero-order valence-electron chi connectivity index (χ0n) is 18.7. The molecule has 1 aromatic heterocycles. The van der Waals surface area contributed by atoms with Gasteiger partial charge in [0.1, 0.15) is 5.76 Å². The maximum atomic E-state index is 5.78. The van der Waals surface area contributed by atoms with Crippen molar-refractivity contribution in [3.05, 3.63) is 17.3 Å². The summed E-state index contributed by atoms with van der Waals surface area (Å²) in [6.45, 7) is 15.9. The predicted molar refractivity (Wildman–Crippen MR) is 116 cm³/mol. The summed E-state index contributed by atoms with van der Waals surface area (Å²) in [5.74, 6) is 3.52. The molecule has 0 unspecified atom stereocenters. The van der Waals surface area contributed by atoms with Crippen LogP contribution in [0.15, 0.2) is 9.41 Å². The van der Waals surface area contributed by atoms with Gasteiger partial charge in [-0.05, 0) is 72.4 Å². The molecule has 0 amide bonds. The van der Waals surface area contributed by atoms with Crippen LogP contribution in [0.3, 0.4) is 0 Å². The molecular weight excluding hydrogens is 366 g/mol. The highest BCUT2D eigenvalue weighted by Gasteiger charge is 2.23. The van der Waals surface area contributed by atoms with Crippen molar-refractivity contribution in [3.63, 3.8) is 0 Å². The Labute approximate surface area is 175 Å². The van der Waals surface area contributed by atoms with Crippen LogP contribution in [0.25, 0.3) is 0 Å². The van der Waals surface area contributed by atoms with Crippen LogP contribution in [0.2, 0.25) is 0 Å². The number of likely N-dealkylation sites (tertiary alicyclic amines) is 2. The van der Waals surface area contributed by atoms with Crippen molar-refractivity contribution < 1.29 is 9.15 Å². The average Bonchev–Trinajstić information content (AvgIpc) is 3.04. The van der Waals surface area contributed by atoms with E-state index < -0.39 is 0 Å². The molecule has 0 radical (unpaired) electrons. The summed E-state index contributed by atoms with van der Waals surface area (Å²) in [6.07, 6.45) is 4.98. The Kier molecular flexibility index (Phi) is 8.36. The Morgan fingerprint density at radius 1 is 1.14 bits per heavy atom. The van der Waals surface area contributed by atoms with Gasteiger partial charge in [0.2, 0.25) is 5.89 Å². The Hall–Kier alpha value is -1.60. The van der Waals surface area contributed by atoms with Gasteiger partial charge in [-0.15, -0.1) is 0 Å². The molecule has 3 rings (SSSR count). The van der Waals surface area contributed by atoms with E-state index in [1.54, 1.807) is 0 Å². The zero-order valence-corrected chi connectivity index (χ0v) is 18.7. The molecule has 2 fully saturated rings. The highest BCUT2D eigenvalue weighted by atomic mass is 16.5. The smallest absolute Gasteiger partial charge is 0.208 e. The third-order valence-electron chi connectivity index (χ3n) is 6.12. The quantitative estimate of drug-likeness (QED) is 0.556. The summed E-state index contributed by atoms with van der Waals surface area (Å²) in [6, 6.07) is 0. The van der Waals surface area contributed by atoms with E-state index in [1.807, 2.05) is 13.8 Å². The van der Waals surface area contributed by atoms with Gasteiger partial charge in [-0.25, -0.2) is 4.98 Å². The van der Waals surface area contributed by atoms with Crippen molar-refractivity contribution in [2.24, 2.45) is 10.9 Å². The fraction of sp³-hybridized carbons (Fsp3) is 0.818. The topological polar surface area (TPSA) is 66.1 Å². The molecule has 1 aromatic rings. The number of piperidine rings is 2. The summed E-state index contributed by atoms with van der Waals surface area (Å²) in [4.78, 5) is 14.4. The lowest BCUT2D eigenvalue weighted by molar-refractivity contribution is 0.0263. The molecule has 29 heavy (non-hydrogen) atoms. The second-order valence-corrected chi connectivity index (χ2v) is 8.31. The number of oxazole rings is 1. The third kappa shape index (κ3) is 6.44. The Bertz CT molecular complexity index is 624. The Morgan fingerprint density at radius 3 is 2.45 bits per heavy atom. The van der Waals surface area contributed by atoms with Gasteiger partial charge in [0, 0.05) is 32.8 Å². The first kappa shape index (κ1) is 22.1. The van der Waals surface area contributed by atoms with Gasteiger partial charge in [0.05, 0.1) is 18.3 Å². The second kappa shape index (κ2) is 11.0. The van der Waals surface area contributed by atoms with Crippen LogP contribution in [-0.2, 0) is 11.3 Å². The number of ether oxygens (including phenoxy) is 1. The van der Waals surface area contributed by atoms with Crippen LogP contribution in [0.1, 0.15) is 56.9 Å². The molecule has 0 aromatic carbocycles. The molecule has 7 nitrogen and oxygen atoms in total. The molecule has 7 heteroatoms. The molecule has 2 aliphatic heterocycles. The van der Waals surface area contributed by atoms with E-state index >= 15 is 0 Å². The fourth-order valence-electron chi connectivity index (χ4n) is 4.24. The lowest BCUT2D eigenvalue weighted by atomic mass is 9.97. The second-order valence-electron chi connectivity index (χ2n) is 8.31. The van der Waals surface area contributed by atoms with Crippen molar-refractivity contribution in [1.29, 1.82) is 0 Å². The molecule has 0 atom stereocenters. The first-order chi connectivity index (χ1) is 14.1.